The van der Waals surface area contributed by atoms with E-state index in [9.17, 15) is 9.59 Å². The lowest BCUT2D eigenvalue weighted by Gasteiger charge is -2.33. The Balaban J connectivity index is 1.62. The molecule has 0 bridgehead atoms. The molecule has 3 rings (SSSR count). The molecule has 1 aliphatic heterocycles. The molecule has 0 aromatic carbocycles. The number of aromatic nitrogens is 3. The third-order valence-corrected chi connectivity index (χ3v) is 3.83. The minimum atomic E-state index is -0.204. The summed E-state index contributed by atoms with van der Waals surface area (Å²) in [7, 11) is 0. The van der Waals surface area contributed by atoms with Gasteiger partial charge in [-0.05, 0) is 18.6 Å². The predicted octanol–water partition coefficient (Wildman–Crippen LogP) is 0.0241. The van der Waals surface area contributed by atoms with E-state index in [1.165, 1.54) is 17.0 Å². The van der Waals surface area contributed by atoms with Crippen LogP contribution in [0.4, 0.5) is 5.82 Å². The number of carbonyl (C=O) groups is 1. The van der Waals surface area contributed by atoms with Crippen LogP contribution in [0.5, 0.6) is 0 Å². The van der Waals surface area contributed by atoms with Gasteiger partial charge in [0.05, 0.1) is 18.7 Å². The lowest BCUT2D eigenvalue weighted by atomic mass is 10.0. The van der Waals surface area contributed by atoms with Gasteiger partial charge in [0.25, 0.3) is 5.56 Å². The van der Waals surface area contributed by atoms with E-state index >= 15 is 0 Å². The van der Waals surface area contributed by atoms with Crippen molar-refractivity contribution in [3.8, 4) is 0 Å². The first-order valence-electron chi connectivity index (χ1n) is 7.77. The molecule has 0 radical (unpaired) electrons. The minimum absolute atomic E-state index is 0.00272. The summed E-state index contributed by atoms with van der Waals surface area (Å²) in [6.45, 7) is 1.05. The van der Waals surface area contributed by atoms with Gasteiger partial charge in [0, 0.05) is 25.1 Å². The van der Waals surface area contributed by atoms with Gasteiger partial charge < -0.3 is 19.9 Å². The SMILES string of the molecule is O=C(Cn1ccccc1=O)N[C@H]1CCOC[C@H]1Nc1ccncn1. The van der Waals surface area contributed by atoms with Crippen LogP contribution in [0.3, 0.4) is 0 Å². The standard InChI is InChI=1S/C16H19N5O3/c22-15(9-21-7-2-1-3-16(21)23)20-12-5-8-24-10-13(12)19-14-4-6-17-11-18-14/h1-4,6-7,11-13H,5,8-10H2,(H,20,22)(H,17,18,19)/t12-,13+/m0/s1. The molecular weight excluding hydrogens is 310 g/mol. The Bertz CT molecular complexity index is 734. The highest BCUT2D eigenvalue weighted by atomic mass is 16.5. The monoisotopic (exact) mass is 329 g/mol. The van der Waals surface area contributed by atoms with E-state index in [0.29, 0.717) is 25.5 Å². The summed E-state index contributed by atoms with van der Waals surface area (Å²) in [4.78, 5) is 32.0. The van der Waals surface area contributed by atoms with Crippen LogP contribution in [-0.2, 0) is 16.1 Å². The molecule has 24 heavy (non-hydrogen) atoms. The molecule has 2 aromatic rings. The van der Waals surface area contributed by atoms with E-state index in [2.05, 4.69) is 20.6 Å². The first kappa shape index (κ1) is 16.1. The predicted molar refractivity (Wildman–Crippen MR) is 87.5 cm³/mol. The number of amides is 1. The van der Waals surface area contributed by atoms with Gasteiger partial charge in [0.1, 0.15) is 18.7 Å². The van der Waals surface area contributed by atoms with E-state index in [1.54, 1.807) is 30.6 Å². The molecule has 0 spiro atoms. The van der Waals surface area contributed by atoms with Gasteiger partial charge in [-0.25, -0.2) is 9.97 Å². The van der Waals surface area contributed by atoms with Crippen LogP contribution in [0.25, 0.3) is 0 Å². The minimum Gasteiger partial charge on any atom is -0.379 e. The first-order chi connectivity index (χ1) is 11.7. The summed E-state index contributed by atoms with van der Waals surface area (Å²) in [5, 5.41) is 6.23. The normalized spacial score (nSPS) is 20.3. The Kier molecular flexibility index (Phi) is 5.17. The zero-order valence-electron chi connectivity index (χ0n) is 13.1. The van der Waals surface area contributed by atoms with Gasteiger partial charge in [-0.3, -0.25) is 9.59 Å². The largest absolute Gasteiger partial charge is 0.379 e. The Labute approximate surface area is 138 Å². The Hall–Kier alpha value is -2.74. The summed E-state index contributed by atoms with van der Waals surface area (Å²) in [5.41, 5.74) is -0.199. The number of carbonyl (C=O) groups excluding carboxylic acids is 1. The molecule has 2 aromatic heterocycles. The molecule has 0 unspecified atom stereocenters. The van der Waals surface area contributed by atoms with Crippen LogP contribution in [0.1, 0.15) is 6.42 Å². The maximum absolute atomic E-state index is 12.3. The van der Waals surface area contributed by atoms with Crippen molar-refractivity contribution in [3.63, 3.8) is 0 Å². The van der Waals surface area contributed by atoms with Crippen molar-refractivity contribution in [1.82, 2.24) is 19.9 Å². The number of hydrogen-bond donors (Lipinski definition) is 2. The third-order valence-electron chi connectivity index (χ3n) is 3.83. The van der Waals surface area contributed by atoms with Crippen LogP contribution < -0.4 is 16.2 Å². The fourth-order valence-electron chi connectivity index (χ4n) is 2.62. The second-order valence-electron chi connectivity index (χ2n) is 5.55. The number of pyridine rings is 1. The maximum Gasteiger partial charge on any atom is 0.250 e. The average Bonchev–Trinajstić information content (AvgIpc) is 2.60. The molecule has 1 aliphatic rings. The summed E-state index contributed by atoms with van der Waals surface area (Å²) in [6, 6.07) is 6.38. The zero-order chi connectivity index (χ0) is 16.8. The smallest absolute Gasteiger partial charge is 0.250 e. The van der Waals surface area contributed by atoms with Crippen LogP contribution in [0.2, 0.25) is 0 Å². The lowest BCUT2D eigenvalue weighted by molar-refractivity contribution is -0.123. The Morgan fingerprint density at radius 1 is 1.33 bits per heavy atom. The van der Waals surface area contributed by atoms with Gasteiger partial charge in [0.15, 0.2) is 0 Å². The van der Waals surface area contributed by atoms with Crippen molar-refractivity contribution in [2.75, 3.05) is 18.5 Å². The van der Waals surface area contributed by atoms with E-state index in [0.717, 1.165) is 0 Å². The quantitative estimate of drug-likeness (QED) is 0.803. The molecule has 0 saturated carbocycles. The summed E-state index contributed by atoms with van der Waals surface area (Å²) < 4.78 is 6.87. The van der Waals surface area contributed by atoms with E-state index in [-0.39, 0.29) is 30.1 Å². The Morgan fingerprint density at radius 2 is 2.25 bits per heavy atom. The number of ether oxygens (including phenoxy) is 1. The van der Waals surface area contributed by atoms with Crippen LogP contribution in [0.15, 0.2) is 47.8 Å². The molecule has 126 valence electrons. The Morgan fingerprint density at radius 3 is 3.04 bits per heavy atom. The summed E-state index contributed by atoms with van der Waals surface area (Å²) in [5.74, 6) is 0.476. The number of nitrogens with one attached hydrogen (secondary N) is 2. The molecule has 1 fully saturated rings. The fourth-order valence-corrected chi connectivity index (χ4v) is 2.62. The molecule has 1 amide bonds. The molecule has 0 aliphatic carbocycles. The molecule has 2 atom stereocenters. The van der Waals surface area contributed by atoms with Gasteiger partial charge in [-0.15, -0.1) is 0 Å². The van der Waals surface area contributed by atoms with Crippen LogP contribution in [-0.4, -0.2) is 45.7 Å². The van der Waals surface area contributed by atoms with Crippen molar-refractivity contribution in [2.45, 2.75) is 25.0 Å². The molecule has 3 heterocycles. The molecular formula is C16H19N5O3. The van der Waals surface area contributed by atoms with Crippen molar-refractivity contribution in [2.24, 2.45) is 0 Å². The zero-order valence-corrected chi connectivity index (χ0v) is 13.1. The lowest BCUT2D eigenvalue weighted by Crippen LogP contribution is -2.53. The van der Waals surface area contributed by atoms with Crippen molar-refractivity contribution >= 4 is 11.7 Å². The molecule has 2 N–H and O–H groups in total. The van der Waals surface area contributed by atoms with Gasteiger partial charge >= 0.3 is 0 Å². The highest BCUT2D eigenvalue weighted by Gasteiger charge is 2.27. The first-order valence-corrected chi connectivity index (χ1v) is 7.77. The van der Waals surface area contributed by atoms with Gasteiger partial charge in [-0.1, -0.05) is 6.07 Å². The topological polar surface area (TPSA) is 98.1 Å². The molecule has 8 heteroatoms. The average molecular weight is 329 g/mol. The van der Waals surface area contributed by atoms with Crippen molar-refractivity contribution in [3.05, 3.63) is 53.3 Å². The van der Waals surface area contributed by atoms with Gasteiger partial charge in [-0.2, -0.15) is 0 Å². The van der Waals surface area contributed by atoms with Gasteiger partial charge in [0.2, 0.25) is 5.91 Å². The van der Waals surface area contributed by atoms with Crippen molar-refractivity contribution in [1.29, 1.82) is 0 Å². The van der Waals surface area contributed by atoms with Crippen LogP contribution in [0, 0.1) is 0 Å². The maximum atomic E-state index is 12.3. The summed E-state index contributed by atoms with van der Waals surface area (Å²) >= 11 is 0. The highest BCUT2D eigenvalue weighted by molar-refractivity contribution is 5.76. The fraction of sp³-hybridized carbons (Fsp3) is 0.375. The second kappa shape index (κ2) is 7.69. The molecule has 1 saturated heterocycles. The van der Waals surface area contributed by atoms with Crippen molar-refractivity contribution < 1.29 is 9.53 Å². The third kappa shape index (κ3) is 4.17. The number of nitrogens with zero attached hydrogens (tertiary/aromatic N) is 3. The molecule has 8 nitrogen and oxygen atoms in total. The number of anilines is 1. The van der Waals surface area contributed by atoms with E-state index < -0.39 is 0 Å². The number of rotatable bonds is 5. The second-order valence-corrected chi connectivity index (χ2v) is 5.55. The van der Waals surface area contributed by atoms with E-state index in [1.807, 2.05) is 0 Å². The summed E-state index contributed by atoms with van der Waals surface area (Å²) in [6.07, 6.45) is 5.40. The van der Waals surface area contributed by atoms with E-state index in [4.69, 9.17) is 4.74 Å². The highest BCUT2D eigenvalue weighted by Crippen LogP contribution is 2.13. The number of hydrogen-bond acceptors (Lipinski definition) is 6. The van der Waals surface area contributed by atoms with Crippen LogP contribution >= 0.6 is 0 Å².